The molecule has 92 valence electrons. The second kappa shape index (κ2) is 6.91. The maximum absolute atomic E-state index is 5.65. The molecule has 1 aromatic rings. The molecule has 1 aromatic heterocycles. The number of rotatable bonds is 7. The van der Waals surface area contributed by atoms with Crippen molar-refractivity contribution in [1.82, 2.24) is 14.8 Å². The van der Waals surface area contributed by atoms with E-state index in [1.54, 1.807) is 11.8 Å². The molecule has 2 N–H and O–H groups in total. The van der Waals surface area contributed by atoms with Crippen molar-refractivity contribution in [3.8, 4) is 0 Å². The van der Waals surface area contributed by atoms with Crippen molar-refractivity contribution >= 4 is 11.8 Å². The molecule has 0 bridgehead atoms. The lowest BCUT2D eigenvalue weighted by molar-refractivity contribution is 0.526. The van der Waals surface area contributed by atoms with Crippen molar-refractivity contribution in [2.45, 2.75) is 57.8 Å². The molecule has 0 fully saturated rings. The molecule has 1 heterocycles. The van der Waals surface area contributed by atoms with Crippen molar-refractivity contribution in [2.75, 3.05) is 5.75 Å². The van der Waals surface area contributed by atoms with Gasteiger partial charge in [-0.1, -0.05) is 31.5 Å². The van der Waals surface area contributed by atoms with Gasteiger partial charge in [0.1, 0.15) is 5.82 Å². The van der Waals surface area contributed by atoms with Gasteiger partial charge in [0.2, 0.25) is 0 Å². The van der Waals surface area contributed by atoms with Gasteiger partial charge >= 0.3 is 0 Å². The van der Waals surface area contributed by atoms with E-state index in [2.05, 4.69) is 35.5 Å². The van der Waals surface area contributed by atoms with E-state index >= 15 is 0 Å². The van der Waals surface area contributed by atoms with Crippen molar-refractivity contribution in [1.29, 1.82) is 0 Å². The highest BCUT2D eigenvalue weighted by atomic mass is 32.2. The summed E-state index contributed by atoms with van der Waals surface area (Å²) in [5.41, 5.74) is 5.65. The quantitative estimate of drug-likeness (QED) is 0.590. The molecule has 0 unspecified atom stereocenters. The van der Waals surface area contributed by atoms with Crippen LogP contribution in [0.4, 0.5) is 0 Å². The molecule has 0 saturated heterocycles. The highest BCUT2D eigenvalue weighted by Gasteiger charge is 2.13. The molecule has 0 radical (unpaired) electrons. The van der Waals surface area contributed by atoms with Gasteiger partial charge in [0.25, 0.3) is 0 Å². The number of hydrogen-bond acceptors (Lipinski definition) is 4. The van der Waals surface area contributed by atoms with Crippen LogP contribution >= 0.6 is 11.8 Å². The maximum Gasteiger partial charge on any atom is 0.191 e. The zero-order chi connectivity index (χ0) is 12.0. The second-order valence-electron chi connectivity index (χ2n) is 4.12. The lowest BCUT2D eigenvalue weighted by atomic mass is 10.3. The smallest absolute Gasteiger partial charge is 0.191 e. The van der Waals surface area contributed by atoms with Gasteiger partial charge in [0, 0.05) is 11.8 Å². The Kier molecular flexibility index (Phi) is 5.84. The molecule has 0 aliphatic heterocycles. The minimum absolute atomic E-state index is 0.377. The van der Waals surface area contributed by atoms with Gasteiger partial charge in [-0.2, -0.15) is 0 Å². The van der Waals surface area contributed by atoms with E-state index in [-0.39, 0.29) is 0 Å². The molecule has 0 aromatic carbocycles. The lowest BCUT2D eigenvalue weighted by Crippen LogP contribution is -2.11. The molecular formula is C11H22N4S. The Labute approximate surface area is 102 Å². The van der Waals surface area contributed by atoms with Gasteiger partial charge in [-0.15, -0.1) is 10.2 Å². The van der Waals surface area contributed by atoms with Crippen LogP contribution in [0.5, 0.6) is 0 Å². The Morgan fingerprint density at radius 1 is 1.31 bits per heavy atom. The molecule has 0 aliphatic carbocycles. The molecule has 0 atom stereocenters. The first-order chi connectivity index (χ1) is 7.70. The number of nitrogens with two attached hydrogens (primary N) is 1. The van der Waals surface area contributed by atoms with Gasteiger partial charge in [-0.25, -0.2) is 0 Å². The van der Waals surface area contributed by atoms with Gasteiger partial charge in [-0.05, 0) is 20.3 Å². The van der Waals surface area contributed by atoms with E-state index in [1.807, 2.05) is 0 Å². The Hall–Kier alpha value is -0.550. The lowest BCUT2D eigenvalue weighted by Gasteiger charge is -2.12. The molecule has 5 heteroatoms. The maximum atomic E-state index is 5.65. The fourth-order valence-electron chi connectivity index (χ4n) is 1.58. The summed E-state index contributed by atoms with van der Waals surface area (Å²) < 4.78 is 2.14. The van der Waals surface area contributed by atoms with E-state index < -0.39 is 0 Å². The Morgan fingerprint density at radius 2 is 2.06 bits per heavy atom. The summed E-state index contributed by atoms with van der Waals surface area (Å²) in [5, 5.41) is 9.33. The minimum Gasteiger partial charge on any atom is -0.324 e. The Balaban J connectivity index is 2.61. The summed E-state index contributed by atoms with van der Waals surface area (Å²) in [5.74, 6) is 2.00. The molecule has 16 heavy (non-hydrogen) atoms. The largest absolute Gasteiger partial charge is 0.324 e. The Morgan fingerprint density at radius 3 is 2.62 bits per heavy atom. The van der Waals surface area contributed by atoms with Crippen LogP contribution in [-0.2, 0) is 6.54 Å². The van der Waals surface area contributed by atoms with Crippen LogP contribution in [0.15, 0.2) is 5.16 Å². The van der Waals surface area contributed by atoms with E-state index in [0.717, 1.165) is 16.7 Å². The number of thioether (sulfide) groups is 1. The first-order valence-corrected chi connectivity index (χ1v) is 6.95. The van der Waals surface area contributed by atoms with Crippen LogP contribution in [0.1, 0.15) is 51.9 Å². The average Bonchev–Trinajstić information content (AvgIpc) is 2.67. The fourth-order valence-corrected chi connectivity index (χ4v) is 2.66. The van der Waals surface area contributed by atoms with E-state index in [0.29, 0.717) is 12.6 Å². The topological polar surface area (TPSA) is 56.7 Å². The summed E-state index contributed by atoms with van der Waals surface area (Å²) in [4.78, 5) is 0. The zero-order valence-corrected chi connectivity index (χ0v) is 11.3. The number of hydrogen-bond donors (Lipinski definition) is 1. The second-order valence-corrected chi connectivity index (χ2v) is 5.18. The standard InChI is InChI=1S/C11H22N4S/c1-4-5-6-7-16-11-14-13-10(8-12)15(11)9(2)3/h9H,4-8,12H2,1-3H3. The number of nitrogens with zero attached hydrogens (tertiary/aromatic N) is 3. The molecule has 4 nitrogen and oxygen atoms in total. The van der Waals surface area contributed by atoms with Crippen molar-refractivity contribution in [3.05, 3.63) is 5.82 Å². The third kappa shape index (κ3) is 3.49. The number of aromatic nitrogens is 3. The summed E-state index contributed by atoms with van der Waals surface area (Å²) in [7, 11) is 0. The molecule has 0 aliphatic rings. The van der Waals surface area contributed by atoms with Crippen LogP contribution < -0.4 is 5.73 Å². The van der Waals surface area contributed by atoms with Gasteiger partial charge in [0.15, 0.2) is 5.16 Å². The molecule has 0 amide bonds. The highest BCUT2D eigenvalue weighted by molar-refractivity contribution is 7.99. The molecule has 0 saturated carbocycles. The molecule has 1 rings (SSSR count). The predicted molar refractivity (Wildman–Crippen MR) is 68.5 cm³/mol. The molecular weight excluding hydrogens is 220 g/mol. The first-order valence-electron chi connectivity index (χ1n) is 5.97. The third-order valence-electron chi connectivity index (χ3n) is 2.41. The Bertz CT molecular complexity index is 309. The van der Waals surface area contributed by atoms with Gasteiger partial charge < -0.3 is 10.3 Å². The zero-order valence-electron chi connectivity index (χ0n) is 10.4. The van der Waals surface area contributed by atoms with E-state index in [1.165, 1.54) is 19.3 Å². The highest BCUT2D eigenvalue weighted by Crippen LogP contribution is 2.22. The average molecular weight is 242 g/mol. The van der Waals surface area contributed by atoms with Crippen LogP contribution in [-0.4, -0.2) is 20.5 Å². The number of unbranched alkanes of at least 4 members (excludes halogenated alkanes) is 2. The van der Waals surface area contributed by atoms with Crippen LogP contribution in [0.2, 0.25) is 0 Å². The minimum atomic E-state index is 0.377. The first kappa shape index (κ1) is 13.5. The summed E-state index contributed by atoms with van der Waals surface area (Å²) in [6, 6.07) is 0.377. The van der Waals surface area contributed by atoms with Gasteiger partial charge in [0.05, 0.1) is 6.54 Å². The van der Waals surface area contributed by atoms with Crippen molar-refractivity contribution in [2.24, 2.45) is 5.73 Å². The SMILES string of the molecule is CCCCCSc1nnc(CN)n1C(C)C. The normalized spacial score (nSPS) is 11.3. The summed E-state index contributed by atoms with van der Waals surface area (Å²) in [6.07, 6.45) is 3.78. The monoisotopic (exact) mass is 242 g/mol. The summed E-state index contributed by atoms with van der Waals surface area (Å²) in [6.45, 7) is 6.95. The predicted octanol–water partition coefficient (Wildman–Crippen LogP) is 2.60. The van der Waals surface area contributed by atoms with Crippen molar-refractivity contribution < 1.29 is 0 Å². The third-order valence-corrected chi connectivity index (χ3v) is 3.44. The fraction of sp³-hybridized carbons (Fsp3) is 0.818. The van der Waals surface area contributed by atoms with Crippen LogP contribution in [0.3, 0.4) is 0 Å². The summed E-state index contributed by atoms with van der Waals surface area (Å²) >= 11 is 1.79. The van der Waals surface area contributed by atoms with Gasteiger partial charge in [-0.3, -0.25) is 0 Å². The molecule has 0 spiro atoms. The van der Waals surface area contributed by atoms with E-state index in [4.69, 9.17) is 5.73 Å². The van der Waals surface area contributed by atoms with Crippen molar-refractivity contribution in [3.63, 3.8) is 0 Å². The van der Waals surface area contributed by atoms with Crippen LogP contribution in [0, 0.1) is 0 Å². The van der Waals surface area contributed by atoms with E-state index in [9.17, 15) is 0 Å². The van der Waals surface area contributed by atoms with Crippen LogP contribution in [0.25, 0.3) is 0 Å².